The molecule has 0 spiro atoms. The zero-order valence-corrected chi connectivity index (χ0v) is 16.6. The molecule has 5 nitrogen and oxygen atoms in total. The summed E-state index contributed by atoms with van der Waals surface area (Å²) in [6.07, 6.45) is 1.45. The Bertz CT molecular complexity index is 1120. The lowest BCUT2D eigenvalue weighted by Crippen LogP contribution is -2.16. The van der Waals surface area contributed by atoms with Crippen molar-refractivity contribution in [3.8, 4) is 0 Å². The number of carbonyl (C=O) groups excluding carboxylic acids is 1. The van der Waals surface area contributed by atoms with Crippen molar-refractivity contribution < 1.29 is 17.6 Å². The molecule has 138 valence electrons. The highest BCUT2D eigenvalue weighted by Crippen LogP contribution is 2.27. The molecule has 1 heterocycles. The summed E-state index contributed by atoms with van der Waals surface area (Å²) >= 11 is 8.94. The van der Waals surface area contributed by atoms with Gasteiger partial charge in [-0.05, 0) is 64.5 Å². The Hall–Kier alpha value is -2.29. The number of sulfonamides is 1. The molecule has 0 aliphatic rings. The fourth-order valence-electron chi connectivity index (χ4n) is 2.28. The van der Waals surface area contributed by atoms with E-state index >= 15 is 0 Å². The third kappa shape index (κ3) is 4.35. The van der Waals surface area contributed by atoms with E-state index in [2.05, 4.69) is 25.6 Å². The van der Waals surface area contributed by atoms with Gasteiger partial charge in [-0.3, -0.25) is 14.5 Å². The van der Waals surface area contributed by atoms with Gasteiger partial charge in [-0.25, -0.2) is 12.8 Å². The highest BCUT2D eigenvalue weighted by molar-refractivity contribution is 9.10. The standard InChI is InChI=1S/C18H11BrClFN2O3S/c19-14-6-5-12(10-15(14)21)27(25,26)23-16-7-4-11(20)9-13(16)18(24)17-3-1-2-8-22-17/h1-10,23H. The van der Waals surface area contributed by atoms with Gasteiger partial charge in [0.05, 0.1) is 15.1 Å². The number of pyridine rings is 1. The Balaban J connectivity index is 2.02. The fourth-order valence-corrected chi connectivity index (χ4v) is 3.79. The highest BCUT2D eigenvalue weighted by Gasteiger charge is 2.21. The number of nitrogens with one attached hydrogen (secondary N) is 1. The molecule has 0 amide bonds. The summed E-state index contributed by atoms with van der Waals surface area (Å²) in [4.78, 5) is 16.4. The second-order valence-electron chi connectivity index (χ2n) is 5.42. The van der Waals surface area contributed by atoms with Crippen LogP contribution in [0.2, 0.25) is 5.02 Å². The van der Waals surface area contributed by atoms with Crippen LogP contribution in [-0.4, -0.2) is 19.2 Å². The molecule has 0 atom stereocenters. The third-order valence-electron chi connectivity index (χ3n) is 3.57. The molecule has 0 unspecified atom stereocenters. The fraction of sp³-hybridized carbons (Fsp3) is 0. The maximum absolute atomic E-state index is 13.7. The van der Waals surface area contributed by atoms with Crippen LogP contribution in [0.15, 0.2) is 70.2 Å². The molecule has 0 aliphatic carbocycles. The van der Waals surface area contributed by atoms with Crippen molar-refractivity contribution in [2.45, 2.75) is 4.90 Å². The largest absolute Gasteiger partial charge is 0.287 e. The van der Waals surface area contributed by atoms with Crippen molar-refractivity contribution in [1.82, 2.24) is 4.98 Å². The van der Waals surface area contributed by atoms with E-state index in [-0.39, 0.29) is 31.3 Å². The quantitative estimate of drug-likeness (QED) is 0.551. The van der Waals surface area contributed by atoms with Crippen LogP contribution in [0.5, 0.6) is 0 Å². The summed E-state index contributed by atoms with van der Waals surface area (Å²) in [7, 11) is -4.13. The summed E-state index contributed by atoms with van der Waals surface area (Å²) < 4.78 is 41.4. The molecule has 2 aromatic carbocycles. The van der Waals surface area contributed by atoms with Gasteiger partial charge in [0.1, 0.15) is 11.5 Å². The van der Waals surface area contributed by atoms with Crippen LogP contribution >= 0.6 is 27.5 Å². The first-order valence-electron chi connectivity index (χ1n) is 7.51. The van der Waals surface area contributed by atoms with E-state index in [1.807, 2.05) is 0 Å². The average Bonchev–Trinajstić information content (AvgIpc) is 2.65. The van der Waals surface area contributed by atoms with Crippen LogP contribution in [0.4, 0.5) is 10.1 Å². The Morgan fingerprint density at radius 3 is 2.56 bits per heavy atom. The zero-order chi connectivity index (χ0) is 19.6. The third-order valence-corrected chi connectivity index (χ3v) is 5.81. The summed E-state index contributed by atoms with van der Waals surface area (Å²) in [5.41, 5.74) is 0.177. The molecule has 3 aromatic rings. The lowest BCUT2D eigenvalue weighted by Gasteiger charge is -2.13. The van der Waals surface area contributed by atoms with E-state index in [1.54, 1.807) is 12.1 Å². The van der Waals surface area contributed by atoms with Gasteiger partial charge in [0.15, 0.2) is 0 Å². The first-order chi connectivity index (χ1) is 12.8. The first-order valence-corrected chi connectivity index (χ1v) is 10.2. The van der Waals surface area contributed by atoms with Crippen molar-refractivity contribution in [3.63, 3.8) is 0 Å². The van der Waals surface area contributed by atoms with Crippen molar-refractivity contribution in [1.29, 1.82) is 0 Å². The molecular formula is C18H11BrClFN2O3S. The van der Waals surface area contributed by atoms with Gasteiger partial charge in [-0.2, -0.15) is 0 Å². The number of nitrogens with zero attached hydrogens (tertiary/aromatic N) is 1. The van der Waals surface area contributed by atoms with Crippen LogP contribution < -0.4 is 4.72 Å². The van der Waals surface area contributed by atoms with Crippen molar-refractivity contribution in [2.24, 2.45) is 0 Å². The van der Waals surface area contributed by atoms with Gasteiger partial charge in [-0.1, -0.05) is 17.7 Å². The van der Waals surface area contributed by atoms with Crippen LogP contribution in [0.3, 0.4) is 0 Å². The summed E-state index contributed by atoms with van der Waals surface area (Å²) in [6.45, 7) is 0. The summed E-state index contributed by atoms with van der Waals surface area (Å²) in [5, 5.41) is 0.256. The predicted molar refractivity (Wildman–Crippen MR) is 104 cm³/mol. The van der Waals surface area contributed by atoms with E-state index in [4.69, 9.17) is 11.6 Å². The van der Waals surface area contributed by atoms with Gasteiger partial charge < -0.3 is 0 Å². The lowest BCUT2D eigenvalue weighted by molar-refractivity contribution is 0.103. The van der Waals surface area contributed by atoms with Crippen LogP contribution in [-0.2, 0) is 10.0 Å². The minimum atomic E-state index is -4.13. The molecule has 1 N–H and O–H groups in total. The molecule has 0 bridgehead atoms. The predicted octanol–water partition coefficient (Wildman–Crippen LogP) is 4.67. The number of benzene rings is 2. The number of hydrogen-bond donors (Lipinski definition) is 1. The Labute approximate surface area is 168 Å². The molecular weight excluding hydrogens is 459 g/mol. The molecule has 0 saturated carbocycles. The van der Waals surface area contributed by atoms with Crippen molar-refractivity contribution in [2.75, 3.05) is 4.72 Å². The van der Waals surface area contributed by atoms with Gasteiger partial charge in [0.25, 0.3) is 10.0 Å². The number of carbonyl (C=O) groups is 1. The van der Waals surface area contributed by atoms with Crippen molar-refractivity contribution >= 4 is 49.0 Å². The van der Waals surface area contributed by atoms with Gasteiger partial charge >= 0.3 is 0 Å². The summed E-state index contributed by atoms with van der Waals surface area (Å²) in [6, 6.07) is 12.4. The smallest absolute Gasteiger partial charge is 0.262 e. The summed E-state index contributed by atoms with van der Waals surface area (Å²) in [5.74, 6) is -1.23. The maximum atomic E-state index is 13.7. The normalized spacial score (nSPS) is 11.2. The maximum Gasteiger partial charge on any atom is 0.262 e. The molecule has 0 aliphatic heterocycles. The van der Waals surface area contributed by atoms with Gasteiger partial charge in [0.2, 0.25) is 5.78 Å². The van der Waals surface area contributed by atoms with Crippen LogP contribution in [0.1, 0.15) is 16.1 Å². The molecule has 0 fully saturated rings. The second kappa shape index (κ2) is 7.75. The second-order valence-corrected chi connectivity index (χ2v) is 8.39. The van der Waals surface area contributed by atoms with E-state index in [0.29, 0.717) is 0 Å². The number of halogens is 3. The van der Waals surface area contributed by atoms with Gasteiger partial charge in [-0.15, -0.1) is 0 Å². The van der Waals surface area contributed by atoms with E-state index in [1.165, 1.54) is 42.6 Å². The van der Waals surface area contributed by atoms with Crippen LogP contribution in [0.25, 0.3) is 0 Å². The lowest BCUT2D eigenvalue weighted by atomic mass is 10.1. The SMILES string of the molecule is O=C(c1ccccn1)c1cc(Cl)ccc1NS(=O)(=O)c1ccc(Br)c(F)c1. The molecule has 27 heavy (non-hydrogen) atoms. The highest BCUT2D eigenvalue weighted by atomic mass is 79.9. The number of rotatable bonds is 5. The number of ketones is 1. The molecule has 0 saturated heterocycles. The monoisotopic (exact) mass is 468 g/mol. The number of anilines is 1. The minimum absolute atomic E-state index is 0.0124. The minimum Gasteiger partial charge on any atom is -0.287 e. The van der Waals surface area contributed by atoms with E-state index in [0.717, 1.165) is 6.07 Å². The molecule has 3 rings (SSSR count). The van der Waals surface area contributed by atoms with E-state index < -0.39 is 21.6 Å². The Morgan fingerprint density at radius 1 is 1.11 bits per heavy atom. The van der Waals surface area contributed by atoms with E-state index in [9.17, 15) is 17.6 Å². The van der Waals surface area contributed by atoms with Gasteiger partial charge in [0, 0.05) is 16.8 Å². The average molecular weight is 470 g/mol. The van der Waals surface area contributed by atoms with Crippen molar-refractivity contribution in [3.05, 3.63) is 87.4 Å². The molecule has 0 radical (unpaired) electrons. The topological polar surface area (TPSA) is 76.1 Å². The number of aromatic nitrogens is 1. The zero-order valence-electron chi connectivity index (χ0n) is 13.5. The first kappa shape index (κ1) is 19.5. The Kier molecular flexibility index (Phi) is 5.59. The number of hydrogen-bond acceptors (Lipinski definition) is 4. The molecule has 9 heteroatoms. The van der Waals surface area contributed by atoms with Crippen LogP contribution in [0, 0.1) is 5.82 Å². The Morgan fingerprint density at radius 2 is 1.89 bits per heavy atom. The molecule has 1 aromatic heterocycles.